The molecule has 1 aromatic rings. The van der Waals surface area contributed by atoms with Gasteiger partial charge in [0.25, 0.3) is 0 Å². The Morgan fingerprint density at radius 2 is 1.89 bits per heavy atom. The summed E-state index contributed by atoms with van der Waals surface area (Å²) in [6, 6.07) is -0.0490. The Bertz CT molecular complexity index is 646. The average Bonchev–Trinajstić information content (AvgIpc) is 3.36. The number of carbonyl (C=O) groups excluding carboxylic acids is 1. The van der Waals surface area contributed by atoms with E-state index >= 15 is 0 Å². The number of likely N-dealkylation sites (tertiary alicyclic amines) is 1. The van der Waals surface area contributed by atoms with Crippen molar-refractivity contribution in [2.24, 2.45) is 4.99 Å². The van der Waals surface area contributed by atoms with Gasteiger partial charge in [0.1, 0.15) is 6.54 Å². The van der Waals surface area contributed by atoms with Crippen LogP contribution in [0.3, 0.4) is 0 Å². The lowest BCUT2D eigenvalue weighted by molar-refractivity contribution is -0.135. The van der Waals surface area contributed by atoms with E-state index in [-0.39, 0.29) is 11.9 Å². The van der Waals surface area contributed by atoms with E-state index in [4.69, 9.17) is 4.52 Å². The van der Waals surface area contributed by atoms with E-state index in [2.05, 4.69) is 37.2 Å². The summed E-state index contributed by atoms with van der Waals surface area (Å²) in [6.45, 7) is 12.3. The van der Waals surface area contributed by atoms with Crippen molar-refractivity contribution in [3.63, 3.8) is 0 Å². The minimum atomic E-state index is -0.0490. The van der Waals surface area contributed by atoms with Crippen LogP contribution in [0.15, 0.2) is 9.52 Å². The molecule has 2 aliphatic rings. The fourth-order valence-electron chi connectivity index (χ4n) is 3.66. The molecule has 0 spiro atoms. The van der Waals surface area contributed by atoms with Gasteiger partial charge in [-0.3, -0.25) is 9.69 Å². The minimum Gasteiger partial charge on any atom is -0.357 e. The van der Waals surface area contributed by atoms with E-state index in [0.717, 1.165) is 64.6 Å². The Morgan fingerprint density at radius 3 is 2.48 bits per heavy atom. The Hall–Kier alpha value is -2.16. The number of piperazine rings is 1. The molecule has 1 unspecified atom stereocenters. The molecule has 0 bridgehead atoms. The van der Waals surface area contributed by atoms with Crippen molar-refractivity contribution < 1.29 is 9.32 Å². The highest BCUT2D eigenvalue weighted by Gasteiger charge is 2.30. The summed E-state index contributed by atoms with van der Waals surface area (Å²) in [4.78, 5) is 28.0. The summed E-state index contributed by atoms with van der Waals surface area (Å²) in [5.41, 5.74) is 0. The number of aromatic nitrogens is 2. The van der Waals surface area contributed by atoms with Gasteiger partial charge in [0, 0.05) is 52.7 Å². The number of nitrogens with zero attached hydrogens (tertiary/aromatic N) is 6. The second-order valence-electron chi connectivity index (χ2n) is 7.13. The maximum Gasteiger partial charge on any atom is 0.239 e. The first-order valence-corrected chi connectivity index (χ1v) is 9.93. The molecule has 27 heavy (non-hydrogen) atoms. The smallest absolute Gasteiger partial charge is 0.239 e. The average molecular weight is 377 g/mol. The summed E-state index contributed by atoms with van der Waals surface area (Å²) in [6.07, 6.45) is 2.27. The normalized spacial score (nSPS) is 20.2. The van der Waals surface area contributed by atoms with Crippen LogP contribution in [0, 0.1) is 6.92 Å². The molecule has 3 heterocycles. The Morgan fingerprint density at radius 1 is 1.19 bits per heavy atom. The number of hydrogen-bond donors (Lipinski definition) is 1. The second-order valence-corrected chi connectivity index (χ2v) is 7.13. The van der Waals surface area contributed by atoms with Gasteiger partial charge in [-0.1, -0.05) is 5.16 Å². The fourth-order valence-corrected chi connectivity index (χ4v) is 3.66. The number of guanidine groups is 1. The molecular formula is C18H31N7O2. The fraction of sp³-hybridized carbons (Fsp3) is 0.778. The molecule has 1 aromatic heterocycles. The van der Waals surface area contributed by atoms with Crippen LogP contribution in [-0.2, 0) is 11.3 Å². The van der Waals surface area contributed by atoms with E-state index in [1.807, 2.05) is 11.8 Å². The van der Waals surface area contributed by atoms with Crippen molar-refractivity contribution >= 4 is 11.9 Å². The summed E-state index contributed by atoms with van der Waals surface area (Å²) < 4.78 is 5.00. The molecule has 9 nitrogen and oxygen atoms in total. The third-order valence-corrected chi connectivity index (χ3v) is 5.21. The molecule has 9 heteroatoms. The van der Waals surface area contributed by atoms with E-state index in [0.29, 0.717) is 18.3 Å². The van der Waals surface area contributed by atoms with Crippen molar-refractivity contribution in [3.05, 3.63) is 11.7 Å². The Balaban J connectivity index is 1.54. The largest absolute Gasteiger partial charge is 0.357 e. The molecule has 1 atom stereocenters. The molecule has 1 N–H and O–H groups in total. The molecular weight excluding hydrogens is 346 g/mol. The number of nitrogens with one attached hydrogen (secondary N) is 1. The molecule has 0 aromatic carbocycles. The van der Waals surface area contributed by atoms with Crippen LogP contribution < -0.4 is 5.32 Å². The highest BCUT2D eigenvalue weighted by Crippen LogP contribution is 2.14. The topological polar surface area (TPSA) is 90.1 Å². The number of hydrogen-bond acceptors (Lipinski definition) is 6. The molecule has 2 saturated heterocycles. The van der Waals surface area contributed by atoms with Crippen LogP contribution in [0.1, 0.15) is 38.4 Å². The zero-order valence-corrected chi connectivity index (χ0v) is 16.6. The van der Waals surface area contributed by atoms with Gasteiger partial charge in [-0.25, -0.2) is 4.99 Å². The van der Waals surface area contributed by atoms with Gasteiger partial charge in [-0.05, 0) is 26.7 Å². The third kappa shape index (κ3) is 4.97. The lowest BCUT2D eigenvalue weighted by Gasteiger charge is -2.39. The zero-order valence-electron chi connectivity index (χ0n) is 16.6. The SMILES string of the molecule is CCNC(=NCc1noc(C)n1)N1CCN(C(C)C(=O)N2CCCC2)CC1. The quantitative estimate of drug-likeness (QED) is 0.589. The highest BCUT2D eigenvalue weighted by molar-refractivity contribution is 5.82. The van der Waals surface area contributed by atoms with E-state index < -0.39 is 0 Å². The van der Waals surface area contributed by atoms with Crippen LogP contribution in [0.25, 0.3) is 0 Å². The van der Waals surface area contributed by atoms with Gasteiger partial charge in [-0.15, -0.1) is 0 Å². The van der Waals surface area contributed by atoms with Crippen LogP contribution >= 0.6 is 0 Å². The maximum atomic E-state index is 12.6. The molecule has 0 radical (unpaired) electrons. The molecule has 3 rings (SSSR count). The number of aryl methyl sites for hydroxylation is 1. The lowest BCUT2D eigenvalue weighted by atomic mass is 10.2. The van der Waals surface area contributed by atoms with Crippen molar-refractivity contribution in [1.29, 1.82) is 0 Å². The predicted molar refractivity (Wildman–Crippen MR) is 102 cm³/mol. The summed E-state index contributed by atoms with van der Waals surface area (Å²) >= 11 is 0. The van der Waals surface area contributed by atoms with Crippen LogP contribution in [0.2, 0.25) is 0 Å². The van der Waals surface area contributed by atoms with Crippen molar-refractivity contribution in [3.8, 4) is 0 Å². The first-order chi connectivity index (χ1) is 13.1. The van der Waals surface area contributed by atoms with Crippen molar-refractivity contribution in [2.45, 2.75) is 46.2 Å². The summed E-state index contributed by atoms with van der Waals surface area (Å²) in [5.74, 6) is 2.27. The molecule has 1 amide bonds. The Labute approximate surface area is 160 Å². The molecule has 150 valence electrons. The molecule has 0 aliphatic carbocycles. The lowest BCUT2D eigenvalue weighted by Crippen LogP contribution is -2.57. The third-order valence-electron chi connectivity index (χ3n) is 5.21. The van der Waals surface area contributed by atoms with Crippen molar-refractivity contribution in [2.75, 3.05) is 45.8 Å². The van der Waals surface area contributed by atoms with E-state index in [1.165, 1.54) is 0 Å². The van der Waals surface area contributed by atoms with E-state index in [1.54, 1.807) is 6.92 Å². The first-order valence-electron chi connectivity index (χ1n) is 9.93. The van der Waals surface area contributed by atoms with Crippen LogP contribution in [0.5, 0.6) is 0 Å². The van der Waals surface area contributed by atoms with Crippen LogP contribution in [-0.4, -0.2) is 88.6 Å². The van der Waals surface area contributed by atoms with Gasteiger partial charge in [0.2, 0.25) is 11.8 Å². The van der Waals surface area contributed by atoms with Gasteiger partial charge in [-0.2, -0.15) is 4.98 Å². The predicted octanol–water partition coefficient (Wildman–Crippen LogP) is 0.472. The van der Waals surface area contributed by atoms with Gasteiger partial charge in [0.15, 0.2) is 11.8 Å². The van der Waals surface area contributed by atoms with Gasteiger partial charge in [0.05, 0.1) is 6.04 Å². The molecule has 2 fully saturated rings. The van der Waals surface area contributed by atoms with Gasteiger partial charge >= 0.3 is 0 Å². The van der Waals surface area contributed by atoms with Gasteiger partial charge < -0.3 is 19.6 Å². The van der Waals surface area contributed by atoms with E-state index in [9.17, 15) is 4.79 Å². The minimum absolute atomic E-state index is 0.0490. The number of amides is 1. The Kier molecular flexibility index (Phi) is 6.65. The standard InChI is InChI=1S/C18H31N7O2/c1-4-19-18(20-13-16-21-15(3)27-22-16)25-11-9-23(10-12-25)14(2)17(26)24-7-5-6-8-24/h14H,4-13H2,1-3H3,(H,19,20). The number of carbonyl (C=O) groups is 1. The molecule has 2 aliphatic heterocycles. The maximum absolute atomic E-state index is 12.6. The van der Waals surface area contributed by atoms with Crippen molar-refractivity contribution in [1.82, 2.24) is 30.2 Å². The zero-order chi connectivity index (χ0) is 19.2. The number of aliphatic imine (C=N–C) groups is 1. The first kappa shape index (κ1) is 19.6. The number of rotatable bonds is 5. The second kappa shape index (κ2) is 9.16. The summed E-state index contributed by atoms with van der Waals surface area (Å²) in [5, 5.41) is 7.23. The monoisotopic (exact) mass is 377 g/mol. The summed E-state index contributed by atoms with van der Waals surface area (Å²) in [7, 11) is 0. The highest BCUT2D eigenvalue weighted by atomic mass is 16.5. The molecule has 0 saturated carbocycles. The van der Waals surface area contributed by atoms with Crippen LogP contribution in [0.4, 0.5) is 0 Å².